The number of nitrogens with zero attached hydrogens (tertiary/aromatic N) is 2. The van der Waals surface area contributed by atoms with Gasteiger partial charge in [0.2, 0.25) is 0 Å². The van der Waals surface area contributed by atoms with Crippen LogP contribution in [0.15, 0.2) is 11.2 Å². The molecule has 4 nitrogen and oxygen atoms in total. The summed E-state index contributed by atoms with van der Waals surface area (Å²) in [6.45, 7) is 0. The molecule has 38 valence electrons. The smallest absolute Gasteiger partial charge is 0.165 e. The van der Waals surface area contributed by atoms with E-state index in [1.54, 1.807) is 0 Å². The Morgan fingerprint density at radius 1 is 1.86 bits per heavy atom. The summed E-state index contributed by atoms with van der Waals surface area (Å²) in [5.74, 6) is 0. The van der Waals surface area contributed by atoms with Crippen LogP contribution in [0.5, 0.6) is 0 Å². The van der Waals surface area contributed by atoms with E-state index < -0.39 is 0 Å². The Hall–Kier alpha value is -0.550. The molecule has 2 N–H and O–H groups in total. The summed E-state index contributed by atoms with van der Waals surface area (Å²) in [5.41, 5.74) is 0. The molecule has 0 aliphatic heterocycles. The Labute approximate surface area is 44.1 Å². The summed E-state index contributed by atoms with van der Waals surface area (Å²) in [6.07, 6.45) is 1.50. The van der Waals surface area contributed by atoms with E-state index in [4.69, 9.17) is 4.55 Å². The molecule has 1 heterocycles. The third-order valence-electron chi connectivity index (χ3n) is 0.488. The number of aromatic amines is 1. The molecule has 0 radical (unpaired) electrons. The zero-order valence-electron chi connectivity index (χ0n) is 3.33. The summed E-state index contributed by atoms with van der Waals surface area (Å²) in [5, 5.41) is 9.70. The van der Waals surface area contributed by atoms with Gasteiger partial charge < -0.3 is 4.55 Å². The number of H-pyrrole nitrogens is 1. The highest BCUT2D eigenvalue weighted by molar-refractivity contribution is 7.93. The van der Waals surface area contributed by atoms with Crippen LogP contribution in [0, 0.1) is 0 Å². The van der Waals surface area contributed by atoms with Gasteiger partial charge in [-0.2, -0.15) is 0 Å². The molecule has 0 aliphatic carbocycles. The van der Waals surface area contributed by atoms with Crippen molar-refractivity contribution < 1.29 is 4.55 Å². The molecule has 0 fully saturated rings. The third-order valence-corrected chi connectivity index (χ3v) is 0.874. The maximum absolute atomic E-state index is 8.22. The van der Waals surface area contributed by atoms with Crippen molar-refractivity contribution in [3.8, 4) is 0 Å². The van der Waals surface area contributed by atoms with Crippen molar-refractivity contribution in [2.75, 3.05) is 0 Å². The van der Waals surface area contributed by atoms with Crippen molar-refractivity contribution in [3.63, 3.8) is 0 Å². The molecule has 0 atom stereocenters. The Bertz CT molecular complexity index is 127. The molecule has 5 heteroatoms. The lowest BCUT2D eigenvalue weighted by atomic mass is 11.0. The number of hydrogen-bond donors (Lipinski definition) is 2. The van der Waals surface area contributed by atoms with Crippen LogP contribution in [0.1, 0.15) is 0 Å². The molecular weight excluding hydrogens is 114 g/mol. The molecule has 1 aromatic heterocycles. The predicted octanol–water partition coefficient (Wildman–Crippen LogP) is 0.370. The van der Waals surface area contributed by atoms with Crippen molar-refractivity contribution in [1.82, 2.24) is 15.4 Å². The molecule has 1 rings (SSSR count). The van der Waals surface area contributed by atoms with Gasteiger partial charge in [0, 0.05) is 12.0 Å². The summed E-state index contributed by atoms with van der Waals surface area (Å²) in [6, 6.07) is 0. The molecule has 1 aromatic rings. The molecule has 0 spiro atoms. The molecule has 7 heavy (non-hydrogen) atoms. The second kappa shape index (κ2) is 1.94. The summed E-state index contributed by atoms with van der Waals surface area (Å²) in [7, 11) is 0. The lowest BCUT2D eigenvalue weighted by Gasteiger charge is -1.72. The van der Waals surface area contributed by atoms with Crippen LogP contribution in [-0.2, 0) is 0 Å². The van der Waals surface area contributed by atoms with Gasteiger partial charge in [-0.1, -0.05) is 5.21 Å². The molecule has 0 aliphatic rings. The van der Waals surface area contributed by atoms with Crippen LogP contribution in [0.25, 0.3) is 0 Å². The van der Waals surface area contributed by atoms with Gasteiger partial charge in [-0.3, -0.25) is 5.10 Å². The van der Waals surface area contributed by atoms with Crippen molar-refractivity contribution in [2.45, 2.75) is 5.03 Å². The number of aromatic nitrogens is 3. The van der Waals surface area contributed by atoms with E-state index in [1.807, 2.05) is 0 Å². The minimum absolute atomic E-state index is 0.486. The quantitative estimate of drug-likeness (QED) is 0.521. The fourth-order valence-electron chi connectivity index (χ4n) is 0.236. The van der Waals surface area contributed by atoms with E-state index in [0.29, 0.717) is 17.1 Å². The topological polar surface area (TPSA) is 61.8 Å². The maximum Gasteiger partial charge on any atom is 0.165 e. The van der Waals surface area contributed by atoms with E-state index in [9.17, 15) is 0 Å². The first-order chi connectivity index (χ1) is 3.43. The Kier molecular flexibility index (Phi) is 1.28. The van der Waals surface area contributed by atoms with Gasteiger partial charge in [-0.15, -0.1) is 5.10 Å². The molecule has 0 unspecified atom stereocenters. The van der Waals surface area contributed by atoms with Crippen LogP contribution < -0.4 is 0 Å². The standard InChI is InChI=1S/C2H3N3OS/c6-7-2-1-3-5-4-2/h1,6H,(H,3,4,5). The number of hydrogen-bond acceptors (Lipinski definition) is 4. The zero-order chi connectivity index (χ0) is 5.11. The predicted molar refractivity (Wildman–Crippen MR) is 24.9 cm³/mol. The van der Waals surface area contributed by atoms with Crippen molar-refractivity contribution in [2.24, 2.45) is 0 Å². The van der Waals surface area contributed by atoms with E-state index in [-0.39, 0.29) is 0 Å². The average Bonchev–Trinajstić information content (AvgIpc) is 2.14. The molecular formula is C2H3N3OS. The maximum atomic E-state index is 8.22. The van der Waals surface area contributed by atoms with E-state index in [2.05, 4.69) is 15.4 Å². The zero-order valence-corrected chi connectivity index (χ0v) is 4.14. The first kappa shape index (κ1) is 4.61. The number of rotatable bonds is 1. The van der Waals surface area contributed by atoms with Crippen LogP contribution >= 0.6 is 12.0 Å². The second-order valence-electron chi connectivity index (χ2n) is 0.903. The SMILES string of the molecule is OSc1c[nH]nn1. The molecule has 0 bridgehead atoms. The average molecular weight is 117 g/mol. The van der Waals surface area contributed by atoms with Crippen LogP contribution in [0.4, 0.5) is 0 Å². The lowest BCUT2D eigenvalue weighted by molar-refractivity contribution is 0.659. The molecule has 0 amide bonds. The van der Waals surface area contributed by atoms with Crippen LogP contribution in [0.2, 0.25) is 0 Å². The third kappa shape index (κ3) is 0.908. The van der Waals surface area contributed by atoms with Gasteiger partial charge in [0.25, 0.3) is 0 Å². The highest BCUT2D eigenvalue weighted by atomic mass is 32.2. The Morgan fingerprint density at radius 2 is 2.71 bits per heavy atom. The highest BCUT2D eigenvalue weighted by Gasteiger charge is 1.88. The number of nitrogens with one attached hydrogen (secondary N) is 1. The monoisotopic (exact) mass is 117 g/mol. The second-order valence-corrected chi connectivity index (χ2v) is 1.50. The van der Waals surface area contributed by atoms with Crippen LogP contribution in [-0.4, -0.2) is 20.0 Å². The summed E-state index contributed by atoms with van der Waals surface area (Å²) >= 11 is 0.571. The highest BCUT2D eigenvalue weighted by Crippen LogP contribution is 2.04. The van der Waals surface area contributed by atoms with Crippen molar-refractivity contribution in [3.05, 3.63) is 6.20 Å². The minimum Gasteiger partial charge on any atom is -0.324 e. The molecule has 0 aromatic carbocycles. The molecule has 0 saturated heterocycles. The first-order valence-corrected chi connectivity index (χ1v) is 2.38. The van der Waals surface area contributed by atoms with Gasteiger partial charge in [0.1, 0.15) is 0 Å². The van der Waals surface area contributed by atoms with Crippen molar-refractivity contribution >= 4 is 12.0 Å². The van der Waals surface area contributed by atoms with Crippen LogP contribution in [0.3, 0.4) is 0 Å². The van der Waals surface area contributed by atoms with Crippen molar-refractivity contribution in [1.29, 1.82) is 0 Å². The van der Waals surface area contributed by atoms with E-state index in [0.717, 1.165) is 0 Å². The van der Waals surface area contributed by atoms with Gasteiger partial charge in [0.05, 0.1) is 6.20 Å². The van der Waals surface area contributed by atoms with Gasteiger partial charge in [0.15, 0.2) is 5.03 Å². The first-order valence-electron chi connectivity index (χ1n) is 1.61. The van der Waals surface area contributed by atoms with Gasteiger partial charge >= 0.3 is 0 Å². The van der Waals surface area contributed by atoms with E-state index in [1.165, 1.54) is 6.20 Å². The normalized spacial score (nSPS) is 9.29. The minimum atomic E-state index is 0.486. The Balaban J connectivity index is 2.76. The largest absolute Gasteiger partial charge is 0.324 e. The van der Waals surface area contributed by atoms with E-state index >= 15 is 0 Å². The fourth-order valence-corrected chi connectivity index (χ4v) is 0.418. The van der Waals surface area contributed by atoms with Gasteiger partial charge in [-0.05, 0) is 0 Å². The summed E-state index contributed by atoms with van der Waals surface area (Å²) in [4.78, 5) is 0. The Morgan fingerprint density at radius 3 is 3.00 bits per heavy atom. The summed E-state index contributed by atoms with van der Waals surface area (Å²) < 4.78 is 8.22. The molecule has 0 saturated carbocycles. The van der Waals surface area contributed by atoms with Gasteiger partial charge in [-0.25, -0.2) is 0 Å². The fraction of sp³-hybridized carbons (Fsp3) is 0. The lowest BCUT2D eigenvalue weighted by Crippen LogP contribution is -1.66.